The van der Waals surface area contributed by atoms with Gasteiger partial charge in [-0.05, 0) is 42.5 Å². The summed E-state index contributed by atoms with van der Waals surface area (Å²) in [5.41, 5.74) is 0.980. The lowest BCUT2D eigenvalue weighted by atomic mass is 9.84. The molecule has 0 saturated heterocycles. The van der Waals surface area contributed by atoms with E-state index in [9.17, 15) is 22.4 Å². The van der Waals surface area contributed by atoms with E-state index in [0.29, 0.717) is 11.5 Å². The van der Waals surface area contributed by atoms with E-state index in [1.807, 2.05) is 12.1 Å². The number of benzene rings is 2. The highest BCUT2D eigenvalue weighted by molar-refractivity contribution is 7.89. The molecular weight excluding hydrogens is 397 g/mol. The topological polar surface area (TPSA) is 104 Å². The molecule has 0 amide bonds. The summed E-state index contributed by atoms with van der Waals surface area (Å²) in [6, 6.07) is 9.77. The van der Waals surface area contributed by atoms with E-state index in [2.05, 4.69) is 0 Å². The molecule has 2 aromatic carbocycles. The zero-order valence-corrected chi connectivity index (χ0v) is 16.6. The quantitative estimate of drug-likeness (QED) is 0.570. The van der Waals surface area contributed by atoms with Crippen LogP contribution in [0.15, 0.2) is 47.4 Å². The van der Waals surface area contributed by atoms with Gasteiger partial charge in [0.05, 0.1) is 10.5 Å². The molecule has 0 bridgehead atoms. The van der Waals surface area contributed by atoms with E-state index in [1.165, 1.54) is 24.8 Å². The average molecular weight is 419 g/mol. The number of rotatable bonds is 6. The largest absolute Gasteiger partial charge is 0.454 e. The van der Waals surface area contributed by atoms with Gasteiger partial charge in [-0.2, -0.15) is 0 Å². The Labute approximate surface area is 168 Å². The highest BCUT2D eigenvalue weighted by atomic mass is 32.2. The van der Waals surface area contributed by atoms with Gasteiger partial charge in [-0.25, -0.2) is 22.7 Å². The molecule has 29 heavy (non-hydrogen) atoms. The van der Waals surface area contributed by atoms with Crippen LogP contribution in [0.5, 0.6) is 0 Å². The fourth-order valence-electron chi connectivity index (χ4n) is 3.51. The molecule has 1 aliphatic carbocycles. The van der Waals surface area contributed by atoms with Crippen molar-refractivity contribution in [2.24, 2.45) is 5.14 Å². The van der Waals surface area contributed by atoms with Gasteiger partial charge in [-0.15, -0.1) is 0 Å². The molecule has 1 fully saturated rings. The summed E-state index contributed by atoms with van der Waals surface area (Å²) < 4.78 is 41.5. The van der Waals surface area contributed by atoms with E-state index in [0.717, 1.165) is 31.0 Å². The first-order chi connectivity index (χ1) is 13.8. The fourth-order valence-corrected chi connectivity index (χ4v) is 4.05. The van der Waals surface area contributed by atoms with Crippen molar-refractivity contribution in [2.45, 2.75) is 42.9 Å². The predicted octanol–water partition coefficient (Wildman–Crippen LogP) is 3.56. The molecule has 8 heteroatoms. The van der Waals surface area contributed by atoms with Gasteiger partial charge >= 0.3 is 5.97 Å². The van der Waals surface area contributed by atoms with Crippen molar-refractivity contribution < 1.29 is 27.1 Å². The smallest absolute Gasteiger partial charge is 0.341 e. The number of ketones is 1. The van der Waals surface area contributed by atoms with Gasteiger partial charge in [-0.1, -0.05) is 43.5 Å². The summed E-state index contributed by atoms with van der Waals surface area (Å²) in [5, 5.41) is 4.98. The van der Waals surface area contributed by atoms with Crippen LogP contribution in [0.4, 0.5) is 4.39 Å². The third-order valence-corrected chi connectivity index (χ3v) is 6.04. The maximum absolute atomic E-state index is 13.9. The van der Waals surface area contributed by atoms with Gasteiger partial charge in [-0.3, -0.25) is 4.79 Å². The zero-order valence-electron chi connectivity index (χ0n) is 15.8. The Morgan fingerprint density at radius 1 is 1.03 bits per heavy atom. The minimum atomic E-state index is -4.10. The molecule has 2 aromatic rings. The van der Waals surface area contributed by atoms with Crippen LogP contribution in [0.3, 0.4) is 0 Å². The predicted molar refractivity (Wildman–Crippen MR) is 105 cm³/mol. The lowest BCUT2D eigenvalue weighted by Crippen LogP contribution is -2.17. The van der Waals surface area contributed by atoms with Crippen LogP contribution in [0.2, 0.25) is 0 Å². The third-order valence-electron chi connectivity index (χ3n) is 5.13. The Balaban J connectivity index is 1.64. The second-order valence-corrected chi connectivity index (χ2v) is 8.70. The van der Waals surface area contributed by atoms with Gasteiger partial charge in [0.15, 0.2) is 12.4 Å². The zero-order chi connectivity index (χ0) is 21.0. The second-order valence-electron chi connectivity index (χ2n) is 7.14. The number of carbonyl (C=O) groups excluding carboxylic acids is 2. The summed E-state index contributed by atoms with van der Waals surface area (Å²) in [6.07, 6.45) is 5.98. The van der Waals surface area contributed by atoms with Gasteiger partial charge in [0.1, 0.15) is 5.82 Å². The average Bonchev–Trinajstić information content (AvgIpc) is 2.72. The molecule has 1 aliphatic rings. The highest BCUT2D eigenvalue weighted by Gasteiger charge is 2.20. The van der Waals surface area contributed by atoms with E-state index in [-0.39, 0.29) is 0 Å². The van der Waals surface area contributed by atoms with E-state index in [1.54, 1.807) is 12.1 Å². The lowest BCUT2D eigenvalue weighted by molar-refractivity contribution is 0.0470. The number of halogens is 1. The first kappa shape index (κ1) is 21.1. The van der Waals surface area contributed by atoms with Crippen molar-refractivity contribution in [3.8, 4) is 0 Å². The number of carbonyl (C=O) groups is 2. The number of nitrogens with two attached hydrogens (primary N) is 1. The van der Waals surface area contributed by atoms with Crippen LogP contribution >= 0.6 is 0 Å². The van der Waals surface area contributed by atoms with Gasteiger partial charge in [0.25, 0.3) is 0 Å². The molecule has 3 rings (SSSR count). The molecule has 0 aliphatic heterocycles. The summed E-state index contributed by atoms with van der Waals surface area (Å²) in [6.45, 7) is -0.583. The molecule has 6 nitrogen and oxygen atoms in total. The number of hydrogen-bond donors (Lipinski definition) is 1. The van der Waals surface area contributed by atoms with Gasteiger partial charge in [0.2, 0.25) is 10.0 Å². The summed E-state index contributed by atoms with van der Waals surface area (Å²) in [5.74, 6) is -2.02. The monoisotopic (exact) mass is 419 g/mol. The standard InChI is InChI=1S/C21H22FNO5S/c22-19-11-10-17(29(23,26)27)12-18(19)21(25)28-13-20(24)16-8-6-15(7-9-16)14-4-2-1-3-5-14/h6-12,14H,1-5,13H2,(H2,23,26,27). The maximum atomic E-state index is 13.9. The van der Waals surface area contributed by atoms with Crippen molar-refractivity contribution in [1.82, 2.24) is 0 Å². The van der Waals surface area contributed by atoms with Crippen molar-refractivity contribution in [1.29, 1.82) is 0 Å². The Morgan fingerprint density at radius 3 is 2.31 bits per heavy atom. The SMILES string of the molecule is NS(=O)(=O)c1ccc(F)c(C(=O)OCC(=O)c2ccc(C3CCCCC3)cc2)c1. The Kier molecular flexibility index (Phi) is 6.44. The van der Waals surface area contributed by atoms with Crippen LogP contribution in [0.25, 0.3) is 0 Å². The van der Waals surface area contributed by atoms with Crippen molar-refractivity contribution in [3.63, 3.8) is 0 Å². The normalized spacial score (nSPS) is 15.1. The number of sulfonamides is 1. The van der Waals surface area contributed by atoms with Crippen molar-refractivity contribution in [2.75, 3.05) is 6.61 Å². The summed E-state index contributed by atoms with van der Waals surface area (Å²) >= 11 is 0. The number of hydrogen-bond acceptors (Lipinski definition) is 5. The van der Waals surface area contributed by atoms with Crippen LogP contribution in [-0.4, -0.2) is 26.8 Å². The van der Waals surface area contributed by atoms with Crippen LogP contribution in [0, 0.1) is 5.82 Å². The molecule has 0 unspecified atom stereocenters. The first-order valence-electron chi connectivity index (χ1n) is 9.38. The lowest BCUT2D eigenvalue weighted by Gasteiger charge is -2.22. The summed E-state index contributed by atoms with van der Waals surface area (Å²) in [4.78, 5) is 24.0. The van der Waals surface area contributed by atoms with Crippen LogP contribution < -0.4 is 5.14 Å². The highest BCUT2D eigenvalue weighted by Crippen LogP contribution is 2.32. The minimum Gasteiger partial charge on any atom is -0.454 e. The number of ether oxygens (including phenoxy) is 1. The van der Waals surface area contributed by atoms with E-state index >= 15 is 0 Å². The summed E-state index contributed by atoms with van der Waals surface area (Å²) in [7, 11) is -4.10. The fraction of sp³-hybridized carbons (Fsp3) is 0.333. The van der Waals surface area contributed by atoms with Crippen LogP contribution in [-0.2, 0) is 14.8 Å². The van der Waals surface area contributed by atoms with Crippen molar-refractivity contribution >= 4 is 21.8 Å². The maximum Gasteiger partial charge on any atom is 0.341 e. The van der Waals surface area contributed by atoms with Crippen LogP contribution in [0.1, 0.15) is 64.3 Å². The molecular formula is C21H22FNO5S. The number of Topliss-reactive ketones (excluding diaryl/α,β-unsaturated/α-hetero) is 1. The number of esters is 1. The molecule has 0 radical (unpaired) electrons. The molecule has 1 saturated carbocycles. The molecule has 0 spiro atoms. The van der Waals surface area contributed by atoms with E-state index < -0.39 is 44.7 Å². The van der Waals surface area contributed by atoms with E-state index in [4.69, 9.17) is 9.88 Å². The Hall–Kier alpha value is -2.58. The molecule has 0 aromatic heterocycles. The second kappa shape index (κ2) is 8.84. The van der Waals surface area contributed by atoms with Gasteiger partial charge < -0.3 is 4.74 Å². The van der Waals surface area contributed by atoms with Crippen molar-refractivity contribution in [3.05, 3.63) is 65.0 Å². The van der Waals surface area contributed by atoms with Gasteiger partial charge in [0, 0.05) is 5.56 Å². The molecule has 2 N–H and O–H groups in total. The Morgan fingerprint density at radius 2 is 1.69 bits per heavy atom. The Bertz CT molecular complexity index is 1010. The minimum absolute atomic E-state index is 0.385. The number of primary sulfonamides is 1. The molecule has 154 valence electrons. The molecule has 0 atom stereocenters. The molecule has 0 heterocycles. The first-order valence-corrected chi connectivity index (χ1v) is 10.9. The third kappa shape index (κ3) is 5.27.